The molecule has 0 radical (unpaired) electrons. The van der Waals surface area contributed by atoms with E-state index >= 15 is 0 Å². The summed E-state index contributed by atoms with van der Waals surface area (Å²) >= 11 is 0. The zero-order chi connectivity index (χ0) is 26.9. The van der Waals surface area contributed by atoms with E-state index in [1.165, 1.54) is 28.5 Å². The second-order valence-electron chi connectivity index (χ2n) is 8.32. The molecule has 1 aliphatic heterocycles. The predicted molar refractivity (Wildman–Crippen MR) is 124 cm³/mol. The van der Waals surface area contributed by atoms with Crippen LogP contribution in [0.15, 0.2) is 18.3 Å². The number of amides is 1. The Balaban J connectivity index is 0.000000245. The third-order valence-electron chi connectivity index (χ3n) is 5.60. The maximum absolute atomic E-state index is 14.6. The highest BCUT2D eigenvalue weighted by Crippen LogP contribution is 2.32. The maximum atomic E-state index is 14.6. The monoisotopic (exact) mass is 526 g/mol. The van der Waals surface area contributed by atoms with Crippen molar-refractivity contribution in [1.82, 2.24) is 39.5 Å². The minimum atomic E-state index is -2.66. The van der Waals surface area contributed by atoms with Crippen LogP contribution in [0, 0.1) is 5.82 Å². The molecule has 5 heterocycles. The first kappa shape index (κ1) is 26.0. The zero-order valence-electron chi connectivity index (χ0n) is 19.8. The summed E-state index contributed by atoms with van der Waals surface area (Å²) in [5.74, 6) is -3.27. The summed E-state index contributed by atoms with van der Waals surface area (Å²) < 4.78 is 67.5. The molecule has 0 saturated carbocycles. The van der Waals surface area contributed by atoms with Gasteiger partial charge in [0.15, 0.2) is 17.3 Å². The average Bonchev–Trinajstić information content (AvgIpc) is 3.37. The Labute approximate surface area is 206 Å². The zero-order valence-corrected chi connectivity index (χ0v) is 19.8. The van der Waals surface area contributed by atoms with Gasteiger partial charge in [0.25, 0.3) is 12.3 Å². The number of aromatic nitrogens is 7. The summed E-state index contributed by atoms with van der Waals surface area (Å²) in [6, 6.07) is 3.06. The summed E-state index contributed by atoms with van der Waals surface area (Å²) in [6.07, 6.45) is -1.15. The number of hydrogen-bond donors (Lipinski definition) is 2. The molecule has 4 aromatic heterocycles. The molecule has 1 aliphatic rings. The summed E-state index contributed by atoms with van der Waals surface area (Å²) in [5.41, 5.74) is 6.71. The lowest BCUT2D eigenvalue weighted by atomic mass is 10.1. The molecule has 0 unspecified atom stereocenters. The van der Waals surface area contributed by atoms with Gasteiger partial charge in [-0.3, -0.25) is 4.79 Å². The molecule has 0 aromatic carbocycles. The molecule has 0 bridgehead atoms. The summed E-state index contributed by atoms with van der Waals surface area (Å²) in [4.78, 5) is 20.2. The molecule has 11 nitrogen and oxygen atoms in total. The molecule has 1 fully saturated rings. The second kappa shape index (κ2) is 10.1. The van der Waals surface area contributed by atoms with E-state index in [0.29, 0.717) is 29.8 Å². The van der Waals surface area contributed by atoms with Crippen LogP contribution in [0.2, 0.25) is 0 Å². The second-order valence-corrected chi connectivity index (χ2v) is 8.32. The van der Waals surface area contributed by atoms with Crippen LogP contribution in [0.1, 0.15) is 19.8 Å². The highest BCUT2D eigenvalue weighted by molar-refractivity contribution is 5.89. The van der Waals surface area contributed by atoms with E-state index in [1.54, 1.807) is 7.05 Å². The van der Waals surface area contributed by atoms with Crippen LogP contribution in [0.4, 0.5) is 33.7 Å². The average molecular weight is 526 g/mol. The molecule has 198 valence electrons. The number of anilines is 2. The molecule has 1 amide bonds. The molecular formula is C21H23F5N10O. The van der Waals surface area contributed by atoms with Gasteiger partial charge in [0.05, 0.1) is 24.0 Å². The SMILES string of the molecule is CC(=O)N1CCCC(F)(F)C1.CNc1nc(N)nn2cc(F)c(-c3ccc4nnn(CC(F)F)c4n3)c12. The summed E-state index contributed by atoms with van der Waals surface area (Å²) in [6.45, 7) is 0.738. The minimum absolute atomic E-state index is 0.0361. The van der Waals surface area contributed by atoms with E-state index in [0.717, 1.165) is 10.9 Å². The van der Waals surface area contributed by atoms with E-state index in [-0.39, 0.29) is 35.2 Å². The molecule has 5 rings (SSSR count). The smallest absolute Gasteiger partial charge is 0.265 e. The standard InChI is InChI=1S/C14H12F3N9.C7H11F2NO/c1-19-12-11-10(6(15)4-25(11)23-14(18)21-12)7-2-3-8-13(20-7)26(24-22-8)5-9(16)17;1-6(11)10-4-2-3-7(8,9)5-10/h2-4,9H,5H2,1H3,(H3,18,19,21,23);2-5H2,1H3. The molecule has 4 aromatic rings. The van der Waals surface area contributed by atoms with Crippen LogP contribution in [0.25, 0.3) is 27.9 Å². The number of carbonyl (C=O) groups is 1. The van der Waals surface area contributed by atoms with Crippen LogP contribution in [0.5, 0.6) is 0 Å². The number of pyridine rings is 1. The van der Waals surface area contributed by atoms with Gasteiger partial charge in [-0.15, -0.1) is 10.2 Å². The largest absolute Gasteiger partial charge is 0.371 e. The number of piperidine rings is 1. The first-order chi connectivity index (χ1) is 17.5. The molecule has 0 spiro atoms. The number of carbonyl (C=O) groups excluding carboxylic acids is 1. The Bertz CT molecular complexity index is 1440. The minimum Gasteiger partial charge on any atom is -0.371 e. The Morgan fingerprint density at radius 3 is 2.65 bits per heavy atom. The number of nitrogens with zero attached hydrogens (tertiary/aromatic N) is 8. The summed E-state index contributed by atoms with van der Waals surface area (Å²) in [7, 11) is 1.61. The normalized spacial score (nSPS) is 15.2. The number of rotatable bonds is 4. The van der Waals surface area contributed by atoms with Crippen LogP contribution in [-0.2, 0) is 11.3 Å². The van der Waals surface area contributed by atoms with Gasteiger partial charge in [0.1, 0.15) is 17.6 Å². The van der Waals surface area contributed by atoms with E-state index in [4.69, 9.17) is 5.73 Å². The molecule has 1 saturated heterocycles. The van der Waals surface area contributed by atoms with Crippen molar-refractivity contribution in [2.24, 2.45) is 0 Å². The molecule has 0 aliphatic carbocycles. The third kappa shape index (κ3) is 5.51. The topological polar surface area (TPSA) is 132 Å². The van der Waals surface area contributed by atoms with Crippen molar-refractivity contribution in [2.45, 2.75) is 38.7 Å². The maximum Gasteiger partial charge on any atom is 0.265 e. The van der Waals surface area contributed by atoms with E-state index in [9.17, 15) is 26.7 Å². The van der Waals surface area contributed by atoms with Crippen LogP contribution in [0.3, 0.4) is 0 Å². The first-order valence-electron chi connectivity index (χ1n) is 11.1. The number of hydrogen-bond acceptors (Lipinski definition) is 8. The van der Waals surface area contributed by atoms with Gasteiger partial charge in [-0.1, -0.05) is 5.21 Å². The number of nitrogens with two attached hydrogens (primary N) is 1. The Kier molecular flexibility index (Phi) is 7.09. The molecule has 3 N–H and O–H groups in total. The first-order valence-corrected chi connectivity index (χ1v) is 11.1. The lowest BCUT2D eigenvalue weighted by Crippen LogP contribution is -2.44. The highest BCUT2D eigenvalue weighted by Gasteiger charge is 2.35. The lowest BCUT2D eigenvalue weighted by molar-refractivity contribution is -0.139. The molecule has 0 atom stereocenters. The van der Waals surface area contributed by atoms with Crippen molar-refractivity contribution in [2.75, 3.05) is 31.2 Å². The lowest BCUT2D eigenvalue weighted by Gasteiger charge is -2.31. The van der Waals surface area contributed by atoms with Gasteiger partial charge in [-0.05, 0) is 18.6 Å². The van der Waals surface area contributed by atoms with Crippen molar-refractivity contribution in [1.29, 1.82) is 0 Å². The number of alkyl halides is 4. The fourth-order valence-corrected chi connectivity index (χ4v) is 3.97. The van der Waals surface area contributed by atoms with Crippen molar-refractivity contribution in [3.05, 3.63) is 24.1 Å². The molecular weight excluding hydrogens is 503 g/mol. The number of halogens is 5. The summed E-state index contributed by atoms with van der Waals surface area (Å²) in [5, 5.41) is 14.2. The number of fused-ring (bicyclic) bond motifs is 2. The van der Waals surface area contributed by atoms with Gasteiger partial charge in [0.2, 0.25) is 11.9 Å². The van der Waals surface area contributed by atoms with Crippen LogP contribution in [-0.4, -0.2) is 77.9 Å². The van der Waals surface area contributed by atoms with Crippen LogP contribution >= 0.6 is 0 Å². The van der Waals surface area contributed by atoms with E-state index in [1.807, 2.05) is 0 Å². The van der Waals surface area contributed by atoms with Gasteiger partial charge in [-0.2, -0.15) is 4.98 Å². The third-order valence-corrected chi connectivity index (χ3v) is 5.60. The fourth-order valence-electron chi connectivity index (χ4n) is 3.97. The van der Waals surface area contributed by atoms with Gasteiger partial charge >= 0.3 is 0 Å². The Morgan fingerprint density at radius 2 is 2.03 bits per heavy atom. The van der Waals surface area contributed by atoms with Crippen molar-refractivity contribution < 1.29 is 26.7 Å². The quantitative estimate of drug-likeness (QED) is 0.388. The van der Waals surface area contributed by atoms with Crippen LogP contribution < -0.4 is 11.1 Å². The Morgan fingerprint density at radius 1 is 1.27 bits per heavy atom. The van der Waals surface area contributed by atoms with Crippen molar-refractivity contribution in [3.63, 3.8) is 0 Å². The number of likely N-dealkylation sites (tertiary alicyclic amines) is 1. The van der Waals surface area contributed by atoms with Gasteiger partial charge in [-0.25, -0.2) is 36.1 Å². The van der Waals surface area contributed by atoms with Crippen molar-refractivity contribution >= 4 is 34.4 Å². The Hall–Kier alpha value is -4.11. The molecule has 37 heavy (non-hydrogen) atoms. The molecule has 16 heteroatoms. The van der Waals surface area contributed by atoms with Crippen molar-refractivity contribution in [3.8, 4) is 11.3 Å². The highest BCUT2D eigenvalue weighted by atomic mass is 19.3. The fraction of sp³-hybridized carbons (Fsp3) is 0.429. The number of nitrogen functional groups attached to an aromatic ring is 1. The van der Waals surface area contributed by atoms with E-state index < -0.39 is 31.3 Å². The van der Waals surface area contributed by atoms with E-state index in [2.05, 4.69) is 30.7 Å². The predicted octanol–water partition coefficient (Wildman–Crippen LogP) is 2.83. The van der Waals surface area contributed by atoms with Gasteiger partial charge < -0.3 is 16.0 Å². The van der Waals surface area contributed by atoms with Gasteiger partial charge in [0, 0.05) is 26.9 Å². The number of nitrogens with one attached hydrogen (secondary N) is 1.